The highest BCUT2D eigenvalue weighted by Crippen LogP contribution is 2.34. The number of furan rings is 1. The zero-order valence-corrected chi connectivity index (χ0v) is 18.3. The number of amides is 2. The number of carbonyl (C=O) groups is 2. The third kappa shape index (κ3) is 4.44. The minimum absolute atomic E-state index is 0.0240. The van der Waals surface area contributed by atoms with Crippen LogP contribution in [0.1, 0.15) is 59.0 Å². The minimum atomic E-state index is -1.19. The van der Waals surface area contributed by atoms with Gasteiger partial charge >= 0.3 is 0 Å². The van der Waals surface area contributed by atoms with Crippen molar-refractivity contribution in [1.82, 2.24) is 5.32 Å². The second-order valence-electron chi connectivity index (χ2n) is 8.36. The number of halogens is 1. The van der Waals surface area contributed by atoms with Crippen LogP contribution < -0.4 is 10.2 Å². The Kier molecular flexibility index (Phi) is 6.40. The van der Waals surface area contributed by atoms with Crippen LogP contribution in [0, 0.1) is 19.7 Å². The van der Waals surface area contributed by atoms with Gasteiger partial charge in [0.1, 0.15) is 11.9 Å². The molecule has 0 radical (unpaired) electrons. The van der Waals surface area contributed by atoms with E-state index in [1.165, 1.54) is 17.2 Å². The normalized spacial score (nSPS) is 14.8. The number of hydrogen-bond donors (Lipinski definition) is 1. The topological polar surface area (TPSA) is 62.6 Å². The van der Waals surface area contributed by atoms with Crippen LogP contribution in [-0.2, 0) is 4.79 Å². The molecule has 1 aliphatic rings. The summed E-state index contributed by atoms with van der Waals surface area (Å²) in [7, 11) is 0. The van der Waals surface area contributed by atoms with Crippen molar-refractivity contribution in [2.24, 2.45) is 0 Å². The molecule has 1 heterocycles. The predicted octanol–water partition coefficient (Wildman–Crippen LogP) is 5.48. The van der Waals surface area contributed by atoms with Gasteiger partial charge in [-0.15, -0.1) is 0 Å². The largest absolute Gasteiger partial charge is 0.459 e. The maximum absolute atomic E-state index is 15.0. The molecular formula is C26H27FN2O3. The van der Waals surface area contributed by atoms with Gasteiger partial charge in [0.15, 0.2) is 5.76 Å². The number of carbonyl (C=O) groups excluding carboxylic acids is 2. The molecule has 4 rings (SSSR count). The minimum Gasteiger partial charge on any atom is -0.459 e. The quantitative estimate of drug-likeness (QED) is 0.559. The summed E-state index contributed by atoms with van der Waals surface area (Å²) in [5.41, 5.74) is 2.40. The van der Waals surface area contributed by atoms with E-state index in [0.29, 0.717) is 5.69 Å². The number of rotatable bonds is 6. The first-order valence-corrected chi connectivity index (χ1v) is 10.9. The Bertz CT molecular complexity index is 1100. The molecule has 0 spiro atoms. The van der Waals surface area contributed by atoms with Gasteiger partial charge in [-0.1, -0.05) is 43.2 Å². The van der Waals surface area contributed by atoms with Crippen molar-refractivity contribution >= 4 is 17.5 Å². The van der Waals surface area contributed by atoms with Crippen LogP contribution in [0.2, 0.25) is 0 Å². The molecule has 2 amide bonds. The van der Waals surface area contributed by atoms with E-state index in [-0.39, 0.29) is 17.4 Å². The maximum atomic E-state index is 15.0. The van der Waals surface area contributed by atoms with E-state index in [1.54, 1.807) is 30.3 Å². The molecule has 1 N–H and O–H groups in total. The molecule has 3 aromatic rings. The predicted molar refractivity (Wildman–Crippen MR) is 121 cm³/mol. The monoisotopic (exact) mass is 434 g/mol. The molecule has 2 aromatic carbocycles. The van der Waals surface area contributed by atoms with Gasteiger partial charge in [-0.25, -0.2) is 4.39 Å². The van der Waals surface area contributed by atoms with Gasteiger partial charge in [0, 0.05) is 17.3 Å². The fourth-order valence-corrected chi connectivity index (χ4v) is 4.31. The molecule has 6 heteroatoms. The molecule has 0 aliphatic heterocycles. The summed E-state index contributed by atoms with van der Waals surface area (Å²) in [6, 6.07) is 13.8. The van der Waals surface area contributed by atoms with Crippen molar-refractivity contribution in [2.75, 3.05) is 4.90 Å². The molecule has 1 fully saturated rings. The average molecular weight is 435 g/mol. The van der Waals surface area contributed by atoms with Crippen molar-refractivity contribution in [3.8, 4) is 0 Å². The Hall–Kier alpha value is -3.41. The second-order valence-corrected chi connectivity index (χ2v) is 8.36. The second kappa shape index (κ2) is 9.39. The Morgan fingerprint density at radius 2 is 1.81 bits per heavy atom. The molecule has 1 aromatic heterocycles. The van der Waals surface area contributed by atoms with Crippen molar-refractivity contribution in [2.45, 2.75) is 51.6 Å². The number of nitrogens with one attached hydrogen (secondary N) is 1. The van der Waals surface area contributed by atoms with E-state index in [1.807, 2.05) is 32.0 Å². The van der Waals surface area contributed by atoms with Gasteiger partial charge in [0.2, 0.25) is 5.91 Å². The lowest BCUT2D eigenvalue weighted by Crippen LogP contribution is -2.47. The molecule has 0 saturated heterocycles. The highest BCUT2D eigenvalue weighted by atomic mass is 19.1. The van der Waals surface area contributed by atoms with Gasteiger partial charge in [0.05, 0.1) is 6.26 Å². The average Bonchev–Trinajstić information content (AvgIpc) is 3.48. The lowest BCUT2D eigenvalue weighted by molar-refractivity contribution is -0.123. The lowest BCUT2D eigenvalue weighted by Gasteiger charge is -2.33. The summed E-state index contributed by atoms with van der Waals surface area (Å²) in [6.45, 7) is 3.78. The van der Waals surface area contributed by atoms with Gasteiger partial charge < -0.3 is 9.73 Å². The van der Waals surface area contributed by atoms with Crippen LogP contribution in [-0.4, -0.2) is 17.9 Å². The van der Waals surface area contributed by atoms with Crippen molar-refractivity contribution < 1.29 is 18.4 Å². The van der Waals surface area contributed by atoms with Gasteiger partial charge in [-0.05, 0) is 62.1 Å². The molecular weight excluding hydrogens is 407 g/mol. The SMILES string of the molecule is Cc1ccc(C)c(N(C(=O)c2ccco2)[C@H](C(=O)NC2CCCC2)c2ccccc2F)c1. The van der Waals surface area contributed by atoms with E-state index in [4.69, 9.17) is 4.42 Å². The molecule has 0 bridgehead atoms. The number of benzene rings is 2. The highest BCUT2D eigenvalue weighted by molar-refractivity contribution is 6.09. The Labute approximate surface area is 187 Å². The van der Waals surface area contributed by atoms with Crippen LogP contribution in [0.4, 0.5) is 10.1 Å². The summed E-state index contributed by atoms with van der Waals surface area (Å²) >= 11 is 0. The third-order valence-corrected chi connectivity index (χ3v) is 5.98. The van der Waals surface area contributed by atoms with Crippen molar-refractivity contribution in [1.29, 1.82) is 0 Å². The summed E-state index contributed by atoms with van der Waals surface area (Å²) in [5, 5.41) is 3.06. The van der Waals surface area contributed by atoms with Gasteiger partial charge in [-0.2, -0.15) is 0 Å². The third-order valence-electron chi connectivity index (χ3n) is 5.98. The van der Waals surface area contributed by atoms with E-state index < -0.39 is 23.7 Å². The lowest BCUT2D eigenvalue weighted by atomic mass is 9.99. The van der Waals surface area contributed by atoms with E-state index >= 15 is 4.39 Å². The van der Waals surface area contributed by atoms with Crippen LogP contribution >= 0.6 is 0 Å². The van der Waals surface area contributed by atoms with Gasteiger partial charge in [-0.3, -0.25) is 14.5 Å². The first-order valence-electron chi connectivity index (χ1n) is 10.9. The van der Waals surface area contributed by atoms with Crippen LogP contribution in [0.15, 0.2) is 65.3 Å². The first kappa shape index (κ1) is 21.8. The zero-order valence-electron chi connectivity index (χ0n) is 18.3. The summed E-state index contributed by atoms with van der Waals surface area (Å²) in [6.07, 6.45) is 5.25. The Morgan fingerprint density at radius 3 is 2.50 bits per heavy atom. The number of hydrogen-bond acceptors (Lipinski definition) is 3. The molecule has 1 saturated carbocycles. The highest BCUT2D eigenvalue weighted by Gasteiger charge is 2.37. The fraction of sp³-hybridized carbons (Fsp3) is 0.308. The van der Waals surface area contributed by atoms with Crippen LogP contribution in [0.5, 0.6) is 0 Å². The molecule has 0 unspecified atom stereocenters. The van der Waals surface area contributed by atoms with Gasteiger partial charge in [0.25, 0.3) is 5.91 Å². The Morgan fingerprint density at radius 1 is 1.06 bits per heavy atom. The molecule has 5 nitrogen and oxygen atoms in total. The first-order chi connectivity index (χ1) is 15.5. The van der Waals surface area contributed by atoms with E-state index in [2.05, 4.69) is 5.32 Å². The number of aryl methyl sites for hydroxylation is 2. The summed E-state index contributed by atoms with van der Waals surface area (Å²) < 4.78 is 20.4. The van der Waals surface area contributed by atoms with Crippen molar-refractivity contribution in [3.05, 3.63) is 89.1 Å². The number of nitrogens with zero attached hydrogens (tertiary/aromatic N) is 1. The summed E-state index contributed by atoms with van der Waals surface area (Å²) in [4.78, 5) is 28.7. The fourth-order valence-electron chi connectivity index (χ4n) is 4.31. The Balaban J connectivity index is 1.87. The maximum Gasteiger partial charge on any atom is 0.294 e. The standard InChI is InChI=1S/C26H27FN2O3/c1-17-13-14-18(2)22(16-17)29(26(31)23-12-7-15-32-23)24(20-10-5-6-11-21(20)27)25(30)28-19-8-3-4-9-19/h5-7,10-16,19,24H,3-4,8-9H2,1-2H3,(H,28,30)/t24-/m0/s1. The zero-order chi connectivity index (χ0) is 22.7. The van der Waals surface area contributed by atoms with E-state index in [0.717, 1.165) is 36.8 Å². The van der Waals surface area contributed by atoms with Crippen molar-refractivity contribution in [3.63, 3.8) is 0 Å². The summed E-state index contributed by atoms with van der Waals surface area (Å²) in [5.74, 6) is -1.36. The molecule has 32 heavy (non-hydrogen) atoms. The number of anilines is 1. The molecule has 166 valence electrons. The molecule has 1 atom stereocenters. The van der Waals surface area contributed by atoms with E-state index in [9.17, 15) is 9.59 Å². The molecule has 1 aliphatic carbocycles. The van der Waals surface area contributed by atoms with Crippen LogP contribution in [0.25, 0.3) is 0 Å². The van der Waals surface area contributed by atoms with Crippen LogP contribution in [0.3, 0.4) is 0 Å². The smallest absolute Gasteiger partial charge is 0.294 e.